The molecule has 4 unspecified atom stereocenters. The molecule has 0 radical (unpaired) electrons. The molecule has 2 heterocycles. The van der Waals surface area contributed by atoms with Gasteiger partial charge in [0.05, 0.1) is 17.7 Å². The summed E-state index contributed by atoms with van der Waals surface area (Å²) in [7, 11) is 0. The highest BCUT2D eigenvalue weighted by molar-refractivity contribution is 6.33. The molecule has 1 aliphatic carbocycles. The molecule has 1 aromatic heterocycles. The average Bonchev–Trinajstić information content (AvgIpc) is 3.09. The standard InChI is InChI=1S/C15H19ClN2O2/c1-8-3-4-13(16)14(17-8)15(20)18-6-12-9(2)11(12)5-10(18)7-19/h3-4,9-12,19H,5-7H2,1-2H3. The third-order valence-electron chi connectivity index (χ3n) is 4.81. The lowest BCUT2D eigenvalue weighted by molar-refractivity contribution is 0.0480. The van der Waals surface area contributed by atoms with Crippen LogP contribution >= 0.6 is 11.6 Å². The van der Waals surface area contributed by atoms with Crippen molar-refractivity contribution < 1.29 is 9.90 Å². The number of halogens is 1. The summed E-state index contributed by atoms with van der Waals surface area (Å²) in [4.78, 5) is 18.7. The first kappa shape index (κ1) is 13.8. The first-order valence-electron chi connectivity index (χ1n) is 7.08. The fraction of sp³-hybridized carbons (Fsp3) is 0.600. The van der Waals surface area contributed by atoms with Crippen molar-refractivity contribution in [2.75, 3.05) is 13.2 Å². The van der Waals surface area contributed by atoms with Crippen LogP contribution in [0.5, 0.6) is 0 Å². The van der Waals surface area contributed by atoms with Crippen molar-refractivity contribution in [3.8, 4) is 0 Å². The highest BCUT2D eigenvalue weighted by Gasteiger charge is 2.53. The van der Waals surface area contributed by atoms with Gasteiger partial charge < -0.3 is 10.0 Å². The first-order chi connectivity index (χ1) is 9.52. The number of carbonyl (C=O) groups excluding carboxylic acids is 1. The molecule has 4 atom stereocenters. The maximum atomic E-state index is 12.7. The van der Waals surface area contributed by atoms with Gasteiger partial charge in [-0.3, -0.25) is 4.79 Å². The lowest BCUT2D eigenvalue weighted by Crippen LogP contribution is -2.47. The molecule has 20 heavy (non-hydrogen) atoms. The van der Waals surface area contributed by atoms with Crippen LogP contribution in [0, 0.1) is 24.7 Å². The number of hydrogen-bond donors (Lipinski definition) is 1. The Balaban J connectivity index is 1.87. The molecule has 1 N–H and O–H groups in total. The molecule has 1 saturated carbocycles. The Labute approximate surface area is 123 Å². The molecule has 0 spiro atoms. The number of hydrogen-bond acceptors (Lipinski definition) is 3. The van der Waals surface area contributed by atoms with Crippen molar-refractivity contribution >= 4 is 17.5 Å². The van der Waals surface area contributed by atoms with Crippen molar-refractivity contribution in [1.82, 2.24) is 9.88 Å². The van der Waals surface area contributed by atoms with E-state index in [2.05, 4.69) is 11.9 Å². The second kappa shape index (κ2) is 5.01. The predicted molar refractivity (Wildman–Crippen MR) is 76.7 cm³/mol. The highest BCUT2D eigenvalue weighted by atomic mass is 35.5. The van der Waals surface area contributed by atoms with Gasteiger partial charge >= 0.3 is 0 Å². The Bertz CT molecular complexity index is 549. The minimum Gasteiger partial charge on any atom is -0.394 e. The molecule has 1 aromatic rings. The number of aromatic nitrogens is 1. The normalized spacial score (nSPS) is 31.9. The zero-order valence-electron chi connectivity index (χ0n) is 11.7. The van der Waals surface area contributed by atoms with E-state index in [0.29, 0.717) is 35.0 Å². The first-order valence-corrected chi connectivity index (χ1v) is 7.45. The molecular formula is C15H19ClN2O2. The van der Waals surface area contributed by atoms with Crippen LogP contribution in [0.15, 0.2) is 12.1 Å². The van der Waals surface area contributed by atoms with Gasteiger partial charge in [-0.15, -0.1) is 0 Å². The van der Waals surface area contributed by atoms with Gasteiger partial charge in [-0.05, 0) is 43.2 Å². The molecule has 1 saturated heterocycles. The number of rotatable bonds is 2. The summed E-state index contributed by atoms with van der Waals surface area (Å²) in [6.07, 6.45) is 0.886. The summed E-state index contributed by atoms with van der Waals surface area (Å²) in [5.74, 6) is 1.74. The van der Waals surface area contributed by atoms with Crippen molar-refractivity contribution in [2.45, 2.75) is 26.3 Å². The van der Waals surface area contributed by atoms with Crippen LogP contribution < -0.4 is 0 Å². The van der Waals surface area contributed by atoms with Crippen molar-refractivity contribution in [2.24, 2.45) is 17.8 Å². The Morgan fingerprint density at radius 3 is 2.95 bits per heavy atom. The van der Waals surface area contributed by atoms with E-state index in [0.717, 1.165) is 12.1 Å². The number of likely N-dealkylation sites (tertiary alicyclic amines) is 1. The number of amides is 1. The molecular weight excluding hydrogens is 276 g/mol. The van der Waals surface area contributed by atoms with E-state index >= 15 is 0 Å². The Morgan fingerprint density at radius 2 is 2.25 bits per heavy atom. The molecule has 5 heteroatoms. The van der Waals surface area contributed by atoms with Gasteiger partial charge in [-0.1, -0.05) is 18.5 Å². The van der Waals surface area contributed by atoms with Gasteiger partial charge in [-0.2, -0.15) is 0 Å². The third-order valence-corrected chi connectivity index (χ3v) is 5.12. The monoisotopic (exact) mass is 294 g/mol. The highest BCUT2D eigenvalue weighted by Crippen LogP contribution is 2.52. The lowest BCUT2D eigenvalue weighted by Gasteiger charge is -2.34. The van der Waals surface area contributed by atoms with Gasteiger partial charge in [0, 0.05) is 12.2 Å². The number of nitrogens with zero attached hydrogens (tertiary/aromatic N) is 2. The molecule has 1 aliphatic heterocycles. The van der Waals surface area contributed by atoms with Crippen molar-refractivity contribution in [3.05, 3.63) is 28.5 Å². The van der Waals surface area contributed by atoms with Gasteiger partial charge in [0.25, 0.3) is 5.91 Å². The van der Waals surface area contributed by atoms with Crippen molar-refractivity contribution in [1.29, 1.82) is 0 Å². The molecule has 2 fully saturated rings. The summed E-state index contributed by atoms with van der Waals surface area (Å²) < 4.78 is 0. The second-order valence-electron chi connectivity index (χ2n) is 6.00. The van der Waals surface area contributed by atoms with Crippen molar-refractivity contribution in [3.63, 3.8) is 0 Å². The minimum absolute atomic E-state index is 0.00507. The Kier molecular flexibility index (Phi) is 3.46. The van der Waals surface area contributed by atoms with E-state index < -0.39 is 0 Å². The quantitative estimate of drug-likeness (QED) is 0.909. The lowest BCUT2D eigenvalue weighted by atomic mass is 10.0. The summed E-state index contributed by atoms with van der Waals surface area (Å²) in [6.45, 7) is 4.77. The zero-order valence-corrected chi connectivity index (χ0v) is 12.5. The van der Waals surface area contributed by atoms with Crippen LogP contribution in [0.2, 0.25) is 5.02 Å². The van der Waals surface area contributed by atoms with E-state index in [1.54, 1.807) is 17.0 Å². The number of pyridine rings is 1. The SMILES string of the molecule is Cc1ccc(Cl)c(C(=O)N2CC3C(C)C3CC2CO)n1. The summed E-state index contributed by atoms with van der Waals surface area (Å²) in [5.41, 5.74) is 1.07. The minimum atomic E-state index is -0.157. The fourth-order valence-corrected chi connectivity index (χ4v) is 3.58. The fourth-order valence-electron chi connectivity index (χ4n) is 3.39. The number of aliphatic hydroxyl groups is 1. The van der Waals surface area contributed by atoms with Gasteiger partial charge in [0.15, 0.2) is 0 Å². The van der Waals surface area contributed by atoms with E-state index in [9.17, 15) is 9.90 Å². The van der Waals surface area contributed by atoms with E-state index in [1.807, 2.05) is 6.92 Å². The molecule has 2 aliphatic rings. The van der Waals surface area contributed by atoms with Gasteiger partial charge in [-0.25, -0.2) is 4.98 Å². The molecule has 1 amide bonds. The van der Waals surface area contributed by atoms with Gasteiger partial charge in [0.1, 0.15) is 5.69 Å². The number of piperidine rings is 1. The molecule has 0 bridgehead atoms. The number of carbonyl (C=O) groups is 1. The Morgan fingerprint density at radius 1 is 1.50 bits per heavy atom. The maximum Gasteiger partial charge on any atom is 0.274 e. The molecule has 108 valence electrons. The van der Waals surface area contributed by atoms with E-state index in [4.69, 9.17) is 11.6 Å². The average molecular weight is 295 g/mol. The summed E-state index contributed by atoms with van der Waals surface area (Å²) >= 11 is 6.10. The summed E-state index contributed by atoms with van der Waals surface area (Å²) in [5, 5.41) is 9.93. The largest absolute Gasteiger partial charge is 0.394 e. The number of aliphatic hydroxyl groups excluding tert-OH is 1. The maximum absolute atomic E-state index is 12.7. The van der Waals surface area contributed by atoms with Gasteiger partial charge in [0.2, 0.25) is 0 Å². The van der Waals surface area contributed by atoms with Crippen LogP contribution in [0.25, 0.3) is 0 Å². The molecule has 3 rings (SSSR count). The number of aryl methyl sites for hydroxylation is 1. The Hall–Kier alpha value is -1.13. The number of fused-ring (bicyclic) bond motifs is 1. The smallest absolute Gasteiger partial charge is 0.274 e. The molecule has 0 aromatic carbocycles. The second-order valence-corrected chi connectivity index (χ2v) is 6.41. The zero-order chi connectivity index (χ0) is 14.4. The summed E-state index contributed by atoms with van der Waals surface area (Å²) in [6, 6.07) is 3.39. The van der Waals surface area contributed by atoms with Crippen LogP contribution in [0.1, 0.15) is 29.5 Å². The molecule has 4 nitrogen and oxygen atoms in total. The van der Waals surface area contributed by atoms with Crippen LogP contribution in [-0.2, 0) is 0 Å². The van der Waals surface area contributed by atoms with E-state index in [-0.39, 0.29) is 18.6 Å². The van der Waals surface area contributed by atoms with Crippen LogP contribution in [-0.4, -0.2) is 40.1 Å². The third kappa shape index (κ3) is 2.21. The van der Waals surface area contributed by atoms with Crippen LogP contribution in [0.3, 0.4) is 0 Å². The topological polar surface area (TPSA) is 53.4 Å². The van der Waals surface area contributed by atoms with Crippen LogP contribution in [0.4, 0.5) is 0 Å². The van der Waals surface area contributed by atoms with E-state index in [1.165, 1.54) is 0 Å². The predicted octanol–water partition coefficient (Wildman–Crippen LogP) is 2.13.